The topological polar surface area (TPSA) is 26.0 Å². The third-order valence-corrected chi connectivity index (χ3v) is 11.8. The predicted molar refractivity (Wildman–Crippen MR) is 172 cm³/mol. The molecule has 204 valence electrons. The molecule has 0 saturated heterocycles. The van der Waals surface area contributed by atoms with E-state index in [0.29, 0.717) is 11.3 Å². The number of benzene rings is 3. The highest BCUT2D eigenvalue weighted by atomic mass is 32.3. The maximum atomic E-state index is 5.75. The quantitative estimate of drug-likeness (QED) is 0.294. The van der Waals surface area contributed by atoms with E-state index in [1.165, 1.54) is 22.4 Å². The zero-order valence-electron chi connectivity index (χ0n) is 25.0. The molecule has 0 spiro atoms. The first kappa shape index (κ1) is 32.7. The van der Waals surface area contributed by atoms with Gasteiger partial charge in [0.05, 0.1) is 0 Å². The number of allylic oxidation sites excluding steroid dienone is 1. The molecular weight excluding hydrogens is 466 g/mol. The minimum Gasteiger partial charge on any atom is -0.326 e. The monoisotopic (exact) mass is 519 g/mol. The summed E-state index contributed by atoms with van der Waals surface area (Å²) in [5, 5.41) is 0. The molecule has 0 bridgehead atoms. The van der Waals surface area contributed by atoms with Crippen molar-refractivity contribution >= 4 is 10.0 Å². The van der Waals surface area contributed by atoms with Crippen molar-refractivity contribution in [1.82, 2.24) is 0 Å². The van der Waals surface area contributed by atoms with Crippen LogP contribution < -0.4 is 5.73 Å². The molecule has 2 heteroatoms. The highest BCUT2D eigenvalue weighted by Crippen LogP contribution is 2.53. The molecule has 3 aromatic carbocycles. The first-order valence-corrected chi connectivity index (χ1v) is 16.3. The average molecular weight is 520 g/mol. The highest BCUT2D eigenvalue weighted by molar-refractivity contribution is 8.33. The molecule has 0 fully saturated rings. The first-order chi connectivity index (χ1) is 17.5. The normalized spacial score (nSPS) is 13.4. The summed E-state index contributed by atoms with van der Waals surface area (Å²) in [6.07, 6.45) is 6.96. The summed E-state index contributed by atoms with van der Waals surface area (Å²) in [5.74, 6) is 2.70. The Morgan fingerprint density at radius 1 is 0.757 bits per heavy atom. The van der Waals surface area contributed by atoms with Crippen molar-refractivity contribution in [2.75, 3.05) is 18.3 Å². The van der Waals surface area contributed by atoms with Crippen molar-refractivity contribution in [2.24, 2.45) is 11.7 Å². The Balaban J connectivity index is 0.000000446. The zero-order chi connectivity index (χ0) is 28.1. The number of nitrogens with two attached hydrogens (primary N) is 1. The van der Waals surface area contributed by atoms with E-state index < -0.39 is 10.0 Å². The molecule has 0 saturated carbocycles. The Morgan fingerprint density at radius 2 is 1.19 bits per heavy atom. The molecule has 0 radical (unpaired) electrons. The van der Waals surface area contributed by atoms with Gasteiger partial charge in [-0.15, -0.1) is 6.58 Å². The maximum absolute atomic E-state index is 5.75. The van der Waals surface area contributed by atoms with Gasteiger partial charge in [-0.2, -0.15) is 0 Å². The summed E-state index contributed by atoms with van der Waals surface area (Å²) < 4.78 is 0.511. The zero-order valence-corrected chi connectivity index (χ0v) is 25.8. The number of hydrogen-bond donors (Lipinski definition) is 1. The molecule has 3 rings (SSSR count). The molecular formula is C35H53NS. The second kappa shape index (κ2) is 15.8. The number of rotatable bonds is 8. The van der Waals surface area contributed by atoms with Crippen molar-refractivity contribution in [2.45, 2.75) is 71.6 Å². The SMILES string of the molecule is C=CC(c1ccccc1)C(c1ccccc1)c1ccc(CN)cc1.CC.CC(C)CS(C)(C)C(C)(C)C. The van der Waals surface area contributed by atoms with Gasteiger partial charge in [0.2, 0.25) is 0 Å². The fourth-order valence-electron chi connectivity index (χ4n) is 4.35. The van der Waals surface area contributed by atoms with Gasteiger partial charge in [-0.1, -0.05) is 139 Å². The van der Waals surface area contributed by atoms with Gasteiger partial charge in [0.15, 0.2) is 0 Å². The summed E-state index contributed by atoms with van der Waals surface area (Å²) in [4.78, 5) is 0. The van der Waals surface area contributed by atoms with Crippen LogP contribution >= 0.6 is 10.0 Å². The standard InChI is InChI=1S/C23H23N.C10H24S.C2H6/c1-2-22(19-9-5-3-6-10-19)23(20-11-7-4-8-12-20)21-15-13-18(17-24)14-16-21;1-9(2)8-11(6,7)10(3,4)5;1-2/h2-16,22-23H,1,17,24H2;9H,8H2,1-7H3;1-2H3. The van der Waals surface area contributed by atoms with Crippen molar-refractivity contribution in [1.29, 1.82) is 0 Å². The Hall–Kier alpha value is -2.29. The van der Waals surface area contributed by atoms with Gasteiger partial charge in [-0.05, 0) is 51.2 Å². The minimum atomic E-state index is -0.397. The van der Waals surface area contributed by atoms with Crippen molar-refractivity contribution in [3.63, 3.8) is 0 Å². The molecule has 2 N–H and O–H groups in total. The molecule has 2 unspecified atom stereocenters. The van der Waals surface area contributed by atoms with Crippen LogP contribution in [0.25, 0.3) is 0 Å². The van der Waals surface area contributed by atoms with Gasteiger partial charge in [-0.25, -0.2) is 10.0 Å². The highest BCUT2D eigenvalue weighted by Gasteiger charge is 2.28. The Morgan fingerprint density at radius 3 is 1.54 bits per heavy atom. The smallest absolute Gasteiger partial charge is 0.0193 e. The fraction of sp³-hybridized carbons (Fsp3) is 0.429. The van der Waals surface area contributed by atoms with Gasteiger partial charge in [0.1, 0.15) is 0 Å². The Labute approximate surface area is 230 Å². The Bertz CT molecular complexity index is 999. The van der Waals surface area contributed by atoms with Gasteiger partial charge in [-0.3, -0.25) is 0 Å². The molecule has 37 heavy (non-hydrogen) atoms. The second-order valence-electron chi connectivity index (χ2n) is 11.2. The maximum Gasteiger partial charge on any atom is 0.0193 e. The van der Waals surface area contributed by atoms with E-state index in [-0.39, 0.29) is 11.8 Å². The third kappa shape index (κ3) is 10.2. The van der Waals surface area contributed by atoms with Crippen LogP contribution in [0.3, 0.4) is 0 Å². The summed E-state index contributed by atoms with van der Waals surface area (Å²) >= 11 is 0. The van der Waals surface area contributed by atoms with Gasteiger partial charge >= 0.3 is 0 Å². The second-order valence-corrected chi connectivity index (χ2v) is 15.9. The summed E-state index contributed by atoms with van der Waals surface area (Å²) in [5.41, 5.74) is 10.8. The lowest BCUT2D eigenvalue weighted by Gasteiger charge is -2.45. The summed E-state index contributed by atoms with van der Waals surface area (Å²) in [7, 11) is -0.397. The molecule has 0 aromatic heterocycles. The van der Waals surface area contributed by atoms with Crippen LogP contribution in [-0.4, -0.2) is 23.0 Å². The van der Waals surface area contributed by atoms with E-state index in [2.05, 4.69) is 145 Å². The van der Waals surface area contributed by atoms with E-state index in [0.717, 1.165) is 11.5 Å². The number of hydrogen-bond acceptors (Lipinski definition) is 1. The lowest BCUT2D eigenvalue weighted by molar-refractivity contribution is 0.716. The van der Waals surface area contributed by atoms with Crippen LogP contribution in [0.15, 0.2) is 97.6 Å². The van der Waals surface area contributed by atoms with E-state index in [9.17, 15) is 0 Å². The fourth-order valence-corrected chi connectivity index (χ4v) is 6.52. The molecule has 0 aliphatic carbocycles. The molecule has 3 aromatic rings. The van der Waals surface area contributed by atoms with Crippen LogP contribution in [-0.2, 0) is 6.54 Å². The van der Waals surface area contributed by atoms with E-state index in [1.807, 2.05) is 13.8 Å². The van der Waals surface area contributed by atoms with Crippen LogP contribution in [0.1, 0.15) is 82.6 Å². The predicted octanol–water partition coefficient (Wildman–Crippen LogP) is 9.78. The van der Waals surface area contributed by atoms with Crippen molar-refractivity contribution in [3.05, 3.63) is 120 Å². The molecule has 1 nitrogen and oxygen atoms in total. The van der Waals surface area contributed by atoms with Crippen molar-refractivity contribution < 1.29 is 0 Å². The summed E-state index contributed by atoms with van der Waals surface area (Å²) in [6, 6.07) is 29.9. The molecule has 0 amide bonds. The summed E-state index contributed by atoms with van der Waals surface area (Å²) in [6.45, 7) is 20.4. The molecule has 0 heterocycles. The molecule has 0 aliphatic heterocycles. The van der Waals surface area contributed by atoms with Crippen molar-refractivity contribution in [3.8, 4) is 0 Å². The Kier molecular flexibility index (Phi) is 14.0. The largest absolute Gasteiger partial charge is 0.326 e. The lowest BCUT2D eigenvalue weighted by atomic mass is 9.77. The third-order valence-electron chi connectivity index (χ3n) is 6.94. The van der Waals surface area contributed by atoms with Crippen LogP contribution in [0.5, 0.6) is 0 Å². The molecule has 0 aliphatic rings. The lowest BCUT2D eigenvalue weighted by Crippen LogP contribution is -2.27. The van der Waals surface area contributed by atoms with Gasteiger partial charge in [0, 0.05) is 18.4 Å². The minimum absolute atomic E-state index is 0.220. The average Bonchev–Trinajstić information content (AvgIpc) is 2.88. The molecule has 2 atom stereocenters. The van der Waals surface area contributed by atoms with Crippen LogP contribution in [0, 0.1) is 5.92 Å². The van der Waals surface area contributed by atoms with Crippen LogP contribution in [0.2, 0.25) is 0 Å². The van der Waals surface area contributed by atoms with E-state index in [4.69, 9.17) is 5.73 Å². The van der Waals surface area contributed by atoms with E-state index in [1.54, 1.807) is 0 Å². The van der Waals surface area contributed by atoms with E-state index >= 15 is 0 Å². The first-order valence-electron chi connectivity index (χ1n) is 13.7. The van der Waals surface area contributed by atoms with Gasteiger partial charge in [0.25, 0.3) is 0 Å². The van der Waals surface area contributed by atoms with Gasteiger partial charge < -0.3 is 5.73 Å². The van der Waals surface area contributed by atoms with Crippen LogP contribution in [0.4, 0.5) is 0 Å².